The van der Waals surface area contributed by atoms with Gasteiger partial charge in [0.25, 0.3) is 5.91 Å². The first-order valence-corrected chi connectivity index (χ1v) is 8.13. The van der Waals surface area contributed by atoms with Gasteiger partial charge in [-0.3, -0.25) is 4.79 Å². The second-order valence-electron chi connectivity index (χ2n) is 6.10. The number of alkyl halides is 3. The van der Waals surface area contributed by atoms with Crippen LogP contribution >= 0.6 is 0 Å². The maximum absolute atomic E-state index is 12.6. The molecule has 0 unspecified atom stereocenters. The van der Waals surface area contributed by atoms with Crippen LogP contribution in [0.4, 0.5) is 13.2 Å². The van der Waals surface area contributed by atoms with E-state index in [2.05, 4.69) is 15.5 Å². The Morgan fingerprint density at radius 2 is 1.85 bits per heavy atom. The Hall–Kier alpha value is -3.16. The SMILES string of the molecule is Cc1cccc(-c2noc([C@H](C)NC(=O)c3ccc(C(F)(F)F)cc3)n2)c1. The topological polar surface area (TPSA) is 68.0 Å². The van der Waals surface area contributed by atoms with Crippen molar-refractivity contribution < 1.29 is 22.5 Å². The Bertz CT molecular complexity index is 949. The number of rotatable bonds is 4. The quantitative estimate of drug-likeness (QED) is 0.726. The van der Waals surface area contributed by atoms with E-state index in [4.69, 9.17) is 4.52 Å². The summed E-state index contributed by atoms with van der Waals surface area (Å²) in [6, 6.07) is 10.9. The van der Waals surface area contributed by atoms with Crippen molar-refractivity contribution in [2.75, 3.05) is 0 Å². The molecule has 0 bridgehead atoms. The number of aromatic nitrogens is 2. The number of halogens is 3. The fraction of sp³-hybridized carbons (Fsp3) is 0.211. The Morgan fingerprint density at radius 3 is 2.48 bits per heavy atom. The minimum atomic E-state index is -4.45. The van der Waals surface area contributed by atoms with Gasteiger partial charge in [0.1, 0.15) is 6.04 Å². The molecule has 1 aromatic heterocycles. The third-order valence-corrected chi connectivity index (χ3v) is 3.91. The molecule has 0 saturated heterocycles. The van der Waals surface area contributed by atoms with Crippen molar-refractivity contribution in [2.24, 2.45) is 0 Å². The Labute approximate surface area is 153 Å². The molecule has 0 aliphatic carbocycles. The molecule has 0 spiro atoms. The second-order valence-corrected chi connectivity index (χ2v) is 6.10. The van der Waals surface area contributed by atoms with E-state index in [1.165, 1.54) is 0 Å². The van der Waals surface area contributed by atoms with Crippen LogP contribution in [-0.2, 0) is 6.18 Å². The van der Waals surface area contributed by atoms with Gasteiger partial charge >= 0.3 is 6.18 Å². The smallest absolute Gasteiger partial charge is 0.341 e. The van der Waals surface area contributed by atoms with Crippen molar-refractivity contribution in [2.45, 2.75) is 26.1 Å². The second kappa shape index (κ2) is 7.22. The monoisotopic (exact) mass is 375 g/mol. The van der Waals surface area contributed by atoms with Crippen LogP contribution in [0.15, 0.2) is 53.1 Å². The van der Waals surface area contributed by atoms with Gasteiger partial charge in [0.05, 0.1) is 5.56 Å². The van der Waals surface area contributed by atoms with Crippen molar-refractivity contribution >= 4 is 5.91 Å². The number of hydrogen-bond acceptors (Lipinski definition) is 4. The summed E-state index contributed by atoms with van der Waals surface area (Å²) in [6.07, 6.45) is -4.45. The molecular weight excluding hydrogens is 359 g/mol. The van der Waals surface area contributed by atoms with Gasteiger partial charge in [-0.05, 0) is 44.2 Å². The molecule has 3 aromatic rings. The summed E-state index contributed by atoms with van der Waals surface area (Å²) in [5, 5.41) is 6.54. The molecule has 0 radical (unpaired) electrons. The molecule has 1 heterocycles. The number of nitrogens with zero attached hydrogens (tertiary/aromatic N) is 2. The molecule has 3 rings (SSSR count). The van der Waals surface area contributed by atoms with Gasteiger partial charge in [-0.15, -0.1) is 0 Å². The first-order valence-electron chi connectivity index (χ1n) is 8.13. The number of carbonyl (C=O) groups is 1. The number of nitrogens with one attached hydrogen (secondary N) is 1. The predicted octanol–water partition coefficient (Wildman–Crippen LogP) is 4.55. The van der Waals surface area contributed by atoms with Crippen molar-refractivity contribution in [3.63, 3.8) is 0 Å². The van der Waals surface area contributed by atoms with Crippen LogP contribution in [0.3, 0.4) is 0 Å². The van der Waals surface area contributed by atoms with E-state index >= 15 is 0 Å². The molecule has 5 nitrogen and oxygen atoms in total. The Balaban J connectivity index is 1.70. The Kier molecular flexibility index (Phi) is 4.98. The van der Waals surface area contributed by atoms with Crippen LogP contribution < -0.4 is 5.32 Å². The minimum Gasteiger partial charge on any atom is -0.341 e. The lowest BCUT2D eigenvalue weighted by atomic mass is 10.1. The summed E-state index contributed by atoms with van der Waals surface area (Å²) in [4.78, 5) is 16.5. The van der Waals surface area contributed by atoms with E-state index in [1.807, 2.05) is 31.2 Å². The number of hydrogen-bond donors (Lipinski definition) is 1. The van der Waals surface area contributed by atoms with Gasteiger partial charge in [0.15, 0.2) is 0 Å². The van der Waals surface area contributed by atoms with Crippen molar-refractivity contribution in [3.8, 4) is 11.4 Å². The van der Waals surface area contributed by atoms with Gasteiger partial charge in [0, 0.05) is 11.1 Å². The molecule has 0 saturated carbocycles. The van der Waals surface area contributed by atoms with Crippen LogP contribution in [0, 0.1) is 6.92 Å². The van der Waals surface area contributed by atoms with E-state index in [1.54, 1.807) is 6.92 Å². The summed E-state index contributed by atoms with van der Waals surface area (Å²) in [5.41, 5.74) is 1.12. The number of amides is 1. The summed E-state index contributed by atoms with van der Waals surface area (Å²) in [5.74, 6) is 0.0580. The van der Waals surface area contributed by atoms with Crippen LogP contribution in [0.1, 0.15) is 40.3 Å². The van der Waals surface area contributed by atoms with Crippen molar-refractivity contribution in [1.29, 1.82) is 0 Å². The van der Waals surface area contributed by atoms with Crippen LogP contribution in [0.5, 0.6) is 0 Å². The highest BCUT2D eigenvalue weighted by Crippen LogP contribution is 2.29. The molecule has 8 heteroatoms. The van der Waals surface area contributed by atoms with Crippen molar-refractivity contribution in [3.05, 3.63) is 71.1 Å². The van der Waals surface area contributed by atoms with E-state index in [0.717, 1.165) is 35.4 Å². The molecule has 0 aliphatic rings. The maximum atomic E-state index is 12.6. The highest BCUT2D eigenvalue weighted by Gasteiger charge is 2.30. The highest BCUT2D eigenvalue weighted by molar-refractivity contribution is 5.94. The van der Waals surface area contributed by atoms with Gasteiger partial charge in [-0.25, -0.2) is 0 Å². The molecule has 27 heavy (non-hydrogen) atoms. The van der Waals surface area contributed by atoms with E-state index in [-0.39, 0.29) is 11.5 Å². The fourth-order valence-corrected chi connectivity index (χ4v) is 2.46. The summed E-state index contributed by atoms with van der Waals surface area (Å²) >= 11 is 0. The summed E-state index contributed by atoms with van der Waals surface area (Å²) < 4.78 is 43.0. The molecule has 140 valence electrons. The molecule has 1 amide bonds. The number of aryl methyl sites for hydroxylation is 1. The van der Waals surface area contributed by atoms with E-state index < -0.39 is 23.7 Å². The van der Waals surface area contributed by atoms with Gasteiger partial charge in [0.2, 0.25) is 11.7 Å². The average molecular weight is 375 g/mol. The Morgan fingerprint density at radius 1 is 1.15 bits per heavy atom. The minimum absolute atomic E-state index is 0.105. The average Bonchev–Trinajstić information content (AvgIpc) is 3.11. The number of benzene rings is 2. The summed E-state index contributed by atoms with van der Waals surface area (Å²) in [7, 11) is 0. The molecule has 0 fully saturated rings. The van der Waals surface area contributed by atoms with Gasteiger partial charge in [-0.1, -0.05) is 28.9 Å². The van der Waals surface area contributed by atoms with Crippen LogP contribution in [0.25, 0.3) is 11.4 Å². The van der Waals surface area contributed by atoms with Gasteiger partial charge < -0.3 is 9.84 Å². The molecular formula is C19H16F3N3O2. The third-order valence-electron chi connectivity index (χ3n) is 3.91. The van der Waals surface area contributed by atoms with Crippen LogP contribution in [-0.4, -0.2) is 16.0 Å². The van der Waals surface area contributed by atoms with E-state index in [9.17, 15) is 18.0 Å². The largest absolute Gasteiger partial charge is 0.416 e. The molecule has 0 aliphatic heterocycles. The highest BCUT2D eigenvalue weighted by atomic mass is 19.4. The maximum Gasteiger partial charge on any atom is 0.416 e. The fourth-order valence-electron chi connectivity index (χ4n) is 2.46. The molecule has 1 N–H and O–H groups in total. The van der Waals surface area contributed by atoms with E-state index in [0.29, 0.717) is 5.82 Å². The zero-order valence-corrected chi connectivity index (χ0v) is 14.5. The zero-order chi connectivity index (χ0) is 19.6. The van der Waals surface area contributed by atoms with Gasteiger partial charge in [-0.2, -0.15) is 18.2 Å². The summed E-state index contributed by atoms with van der Waals surface area (Å²) in [6.45, 7) is 3.59. The lowest BCUT2D eigenvalue weighted by molar-refractivity contribution is -0.137. The van der Waals surface area contributed by atoms with Crippen LogP contribution in [0.2, 0.25) is 0 Å². The van der Waals surface area contributed by atoms with Crippen molar-refractivity contribution in [1.82, 2.24) is 15.5 Å². The zero-order valence-electron chi connectivity index (χ0n) is 14.5. The first kappa shape index (κ1) is 18.6. The lowest BCUT2D eigenvalue weighted by Gasteiger charge is -2.11. The first-order chi connectivity index (χ1) is 12.7. The molecule has 2 aromatic carbocycles. The number of carbonyl (C=O) groups excluding carboxylic acids is 1. The molecule has 1 atom stereocenters. The standard InChI is InChI=1S/C19H16F3N3O2/c1-11-4-3-5-14(10-11)16-24-18(27-25-16)12(2)23-17(26)13-6-8-15(9-7-13)19(20,21)22/h3-10,12H,1-2H3,(H,23,26)/t12-/m0/s1. The third kappa shape index (κ3) is 4.33. The predicted molar refractivity (Wildman–Crippen MR) is 91.8 cm³/mol. The normalized spacial score (nSPS) is 12.6. The lowest BCUT2D eigenvalue weighted by Crippen LogP contribution is -2.26.